The summed E-state index contributed by atoms with van der Waals surface area (Å²) in [6.07, 6.45) is 9.20. The Kier molecular flexibility index (Phi) is 4.84. The number of hydrogen-bond acceptors (Lipinski definition) is 2. The van der Waals surface area contributed by atoms with Crippen molar-refractivity contribution in [3.05, 3.63) is 90.8 Å². The molecule has 1 unspecified atom stereocenters. The van der Waals surface area contributed by atoms with E-state index < -0.39 is 0 Å². The molecule has 0 aliphatic carbocycles. The molecule has 3 rings (SSSR count). The molecule has 1 aromatic heterocycles. The van der Waals surface area contributed by atoms with E-state index in [1.807, 2.05) is 53.2 Å². The molecule has 2 aromatic carbocycles. The van der Waals surface area contributed by atoms with Crippen molar-refractivity contribution in [3.63, 3.8) is 0 Å². The van der Waals surface area contributed by atoms with Crippen molar-refractivity contribution in [1.29, 1.82) is 0 Å². The van der Waals surface area contributed by atoms with Gasteiger partial charge in [0.15, 0.2) is 0 Å². The highest BCUT2D eigenvalue weighted by Crippen LogP contribution is 2.15. The van der Waals surface area contributed by atoms with E-state index in [2.05, 4.69) is 4.98 Å². The normalized spacial score (nSPS) is 12.4. The van der Waals surface area contributed by atoms with Gasteiger partial charge < -0.3 is 9.30 Å². The van der Waals surface area contributed by atoms with E-state index in [4.69, 9.17) is 4.74 Å². The van der Waals surface area contributed by atoms with E-state index in [-0.39, 0.29) is 11.9 Å². The summed E-state index contributed by atoms with van der Waals surface area (Å²) in [7, 11) is 0. The molecule has 0 spiro atoms. The van der Waals surface area contributed by atoms with Gasteiger partial charge in [0.25, 0.3) is 0 Å². The first kappa shape index (κ1) is 15.0. The second-order valence-corrected chi connectivity index (χ2v) is 5.14. The van der Waals surface area contributed by atoms with Crippen LogP contribution in [0.25, 0.3) is 6.08 Å². The van der Waals surface area contributed by atoms with E-state index in [9.17, 15) is 4.39 Å². The van der Waals surface area contributed by atoms with Crippen LogP contribution in [0.4, 0.5) is 4.39 Å². The van der Waals surface area contributed by atoms with E-state index in [0.29, 0.717) is 12.3 Å². The van der Waals surface area contributed by atoms with Crippen molar-refractivity contribution in [2.24, 2.45) is 0 Å². The smallest absolute Gasteiger partial charge is 0.135 e. The van der Waals surface area contributed by atoms with Gasteiger partial charge in [-0.3, -0.25) is 0 Å². The van der Waals surface area contributed by atoms with Crippen molar-refractivity contribution in [1.82, 2.24) is 9.55 Å². The highest BCUT2D eigenvalue weighted by Gasteiger charge is 2.08. The first-order valence-corrected chi connectivity index (χ1v) is 7.41. The largest absolute Gasteiger partial charge is 0.484 e. The predicted molar refractivity (Wildman–Crippen MR) is 88.5 cm³/mol. The van der Waals surface area contributed by atoms with Gasteiger partial charge in [0.05, 0.1) is 12.9 Å². The number of rotatable bonds is 6. The van der Waals surface area contributed by atoms with Gasteiger partial charge in [0, 0.05) is 12.4 Å². The predicted octanol–water partition coefficient (Wildman–Crippen LogP) is 4.18. The molecule has 0 amide bonds. The van der Waals surface area contributed by atoms with Gasteiger partial charge in [-0.1, -0.05) is 36.4 Å². The molecule has 0 radical (unpaired) electrons. The van der Waals surface area contributed by atoms with Crippen LogP contribution in [-0.4, -0.2) is 15.7 Å². The minimum Gasteiger partial charge on any atom is -0.484 e. The molecule has 0 aliphatic heterocycles. The molecule has 0 fully saturated rings. The SMILES string of the molecule is Fc1ccc(OC(/C=C/c2ccccc2)Cn2ccnc2)cc1. The van der Waals surface area contributed by atoms with Gasteiger partial charge in [-0.2, -0.15) is 0 Å². The summed E-state index contributed by atoms with van der Waals surface area (Å²) in [4.78, 5) is 4.05. The summed E-state index contributed by atoms with van der Waals surface area (Å²) in [5.41, 5.74) is 1.10. The Balaban J connectivity index is 1.75. The molecule has 1 heterocycles. The number of nitrogens with zero attached hydrogens (tertiary/aromatic N) is 2. The number of aromatic nitrogens is 2. The van der Waals surface area contributed by atoms with Crippen LogP contribution in [0.5, 0.6) is 5.75 Å². The highest BCUT2D eigenvalue weighted by atomic mass is 19.1. The number of hydrogen-bond donors (Lipinski definition) is 0. The third-order valence-corrected chi connectivity index (χ3v) is 3.35. The molecule has 0 bridgehead atoms. The first-order chi connectivity index (χ1) is 11.3. The van der Waals surface area contributed by atoms with Gasteiger partial charge >= 0.3 is 0 Å². The van der Waals surface area contributed by atoms with Crippen molar-refractivity contribution >= 4 is 6.08 Å². The van der Waals surface area contributed by atoms with Crippen molar-refractivity contribution in [3.8, 4) is 5.75 Å². The molecule has 0 saturated heterocycles. The van der Waals surface area contributed by atoms with Gasteiger partial charge in [-0.25, -0.2) is 9.37 Å². The third-order valence-electron chi connectivity index (χ3n) is 3.35. The molecule has 23 heavy (non-hydrogen) atoms. The standard InChI is InChI=1S/C19H17FN2O/c20-17-7-10-18(11-8-17)23-19(14-22-13-12-21-15-22)9-6-16-4-2-1-3-5-16/h1-13,15,19H,14H2/b9-6+. The van der Waals surface area contributed by atoms with Crippen LogP contribution in [0, 0.1) is 5.82 Å². The second-order valence-electron chi connectivity index (χ2n) is 5.14. The maximum atomic E-state index is 13.0. The monoisotopic (exact) mass is 308 g/mol. The summed E-state index contributed by atoms with van der Waals surface area (Å²) >= 11 is 0. The molecule has 0 saturated carbocycles. The van der Waals surface area contributed by atoms with Crippen molar-refractivity contribution < 1.29 is 9.13 Å². The van der Waals surface area contributed by atoms with Crippen LogP contribution in [0.2, 0.25) is 0 Å². The molecular formula is C19H17FN2O. The zero-order valence-corrected chi connectivity index (χ0v) is 12.5. The Morgan fingerprint density at radius 3 is 2.57 bits per heavy atom. The van der Waals surface area contributed by atoms with Crippen LogP contribution in [0.1, 0.15) is 5.56 Å². The number of halogens is 1. The lowest BCUT2D eigenvalue weighted by Gasteiger charge is -2.16. The maximum Gasteiger partial charge on any atom is 0.135 e. The molecule has 0 aliphatic rings. The molecule has 3 aromatic rings. The first-order valence-electron chi connectivity index (χ1n) is 7.41. The zero-order chi connectivity index (χ0) is 15.9. The average molecular weight is 308 g/mol. The Bertz CT molecular complexity index is 737. The van der Waals surface area contributed by atoms with Gasteiger partial charge in [-0.05, 0) is 35.9 Å². The minimum absolute atomic E-state index is 0.185. The lowest BCUT2D eigenvalue weighted by molar-refractivity contribution is 0.227. The van der Waals surface area contributed by atoms with E-state index in [1.165, 1.54) is 12.1 Å². The Hall–Kier alpha value is -2.88. The lowest BCUT2D eigenvalue weighted by atomic mass is 10.2. The Morgan fingerprint density at radius 2 is 1.87 bits per heavy atom. The molecular weight excluding hydrogens is 291 g/mol. The van der Waals surface area contributed by atoms with Gasteiger partial charge in [0.1, 0.15) is 17.7 Å². The summed E-state index contributed by atoms with van der Waals surface area (Å²) in [6, 6.07) is 16.1. The van der Waals surface area contributed by atoms with E-state index >= 15 is 0 Å². The minimum atomic E-state index is -0.275. The summed E-state index contributed by atoms with van der Waals surface area (Å²) < 4.78 is 20.9. The molecule has 4 heteroatoms. The molecule has 3 nitrogen and oxygen atoms in total. The second kappa shape index (κ2) is 7.40. The van der Waals surface area contributed by atoms with E-state index in [1.54, 1.807) is 24.7 Å². The van der Waals surface area contributed by atoms with Crippen LogP contribution in [0.3, 0.4) is 0 Å². The van der Waals surface area contributed by atoms with Gasteiger partial charge in [-0.15, -0.1) is 0 Å². The third kappa shape index (κ3) is 4.54. The lowest BCUT2D eigenvalue weighted by Crippen LogP contribution is -2.20. The van der Waals surface area contributed by atoms with Crippen molar-refractivity contribution in [2.75, 3.05) is 0 Å². The van der Waals surface area contributed by atoms with Crippen LogP contribution in [0.15, 0.2) is 79.4 Å². The Labute approximate surface area is 134 Å². The number of imidazole rings is 1. The molecule has 0 N–H and O–H groups in total. The summed E-state index contributed by atoms with van der Waals surface area (Å²) in [5.74, 6) is 0.359. The maximum absolute atomic E-state index is 13.0. The van der Waals surface area contributed by atoms with Crippen molar-refractivity contribution in [2.45, 2.75) is 12.6 Å². The number of benzene rings is 2. The van der Waals surface area contributed by atoms with E-state index in [0.717, 1.165) is 5.56 Å². The summed E-state index contributed by atoms with van der Waals surface area (Å²) in [6.45, 7) is 0.626. The Morgan fingerprint density at radius 1 is 1.09 bits per heavy atom. The fourth-order valence-corrected chi connectivity index (χ4v) is 2.21. The number of ether oxygens (including phenoxy) is 1. The fraction of sp³-hybridized carbons (Fsp3) is 0.105. The average Bonchev–Trinajstić information content (AvgIpc) is 3.09. The van der Waals surface area contributed by atoms with Crippen LogP contribution < -0.4 is 4.74 Å². The molecule has 116 valence electrons. The zero-order valence-electron chi connectivity index (χ0n) is 12.5. The quantitative estimate of drug-likeness (QED) is 0.683. The van der Waals surface area contributed by atoms with Crippen LogP contribution in [-0.2, 0) is 6.54 Å². The van der Waals surface area contributed by atoms with Crippen LogP contribution >= 0.6 is 0 Å². The topological polar surface area (TPSA) is 27.1 Å². The highest BCUT2D eigenvalue weighted by molar-refractivity contribution is 5.49. The van der Waals surface area contributed by atoms with Gasteiger partial charge in [0.2, 0.25) is 0 Å². The fourth-order valence-electron chi connectivity index (χ4n) is 2.21. The summed E-state index contributed by atoms with van der Waals surface area (Å²) in [5, 5.41) is 0. The molecule has 1 atom stereocenters.